The van der Waals surface area contributed by atoms with Gasteiger partial charge < -0.3 is 0 Å². The van der Waals surface area contributed by atoms with Crippen LogP contribution in [0.2, 0.25) is 0 Å². The lowest BCUT2D eigenvalue weighted by Crippen LogP contribution is -2.02. The van der Waals surface area contributed by atoms with Crippen molar-refractivity contribution in [3.8, 4) is 0 Å². The van der Waals surface area contributed by atoms with E-state index in [2.05, 4.69) is 24.3 Å². The fourth-order valence-electron chi connectivity index (χ4n) is 0.604. The van der Waals surface area contributed by atoms with E-state index < -0.39 is 0 Å². The summed E-state index contributed by atoms with van der Waals surface area (Å²) in [6, 6.07) is 0. The van der Waals surface area contributed by atoms with Crippen molar-refractivity contribution in [2.45, 2.75) is 20.8 Å². The molecule has 0 fully saturated rings. The molecule has 0 radical (unpaired) electrons. The summed E-state index contributed by atoms with van der Waals surface area (Å²) in [4.78, 5) is 0. The third-order valence-electron chi connectivity index (χ3n) is 1.13. The van der Waals surface area contributed by atoms with Gasteiger partial charge in [-0.1, -0.05) is 19.9 Å². The molecular weight excluding hydrogens is 142 g/mol. The lowest BCUT2D eigenvalue weighted by atomic mass is 10.1. The Hall–Kier alpha value is -0.240. The second-order valence-corrected chi connectivity index (χ2v) is 2.90. The van der Waals surface area contributed by atoms with Gasteiger partial charge in [0, 0.05) is 6.26 Å². The Bertz CT molecular complexity index is 136. The molecule has 0 aliphatic carbocycles. The second kappa shape index (κ2) is 5.54. The van der Waals surface area contributed by atoms with Crippen molar-refractivity contribution in [1.29, 1.82) is 0 Å². The van der Waals surface area contributed by atoms with E-state index in [0.29, 0.717) is 5.92 Å². The van der Waals surface area contributed by atoms with Gasteiger partial charge in [-0.3, -0.25) is 0 Å². The Labute approximate surface area is 67.8 Å². The van der Waals surface area contributed by atoms with Crippen LogP contribution in [0.25, 0.3) is 0 Å². The highest BCUT2D eigenvalue weighted by Gasteiger charge is 1.98. The maximum atomic E-state index is 4.26. The zero-order chi connectivity index (χ0) is 7.98. The maximum absolute atomic E-state index is 4.26. The Balaban J connectivity index is 4.11. The Kier molecular flexibility index (Phi) is 5.40. The molecular formula is C8H15NS. The van der Waals surface area contributed by atoms with Crippen LogP contribution in [-0.2, 0) is 0 Å². The van der Waals surface area contributed by atoms with Crippen LogP contribution in [0.5, 0.6) is 0 Å². The minimum Gasteiger partial charge on any atom is -0.221 e. The molecule has 58 valence electrons. The van der Waals surface area contributed by atoms with E-state index in [0.717, 1.165) is 5.71 Å². The summed E-state index contributed by atoms with van der Waals surface area (Å²) >= 11 is 1.51. The summed E-state index contributed by atoms with van der Waals surface area (Å²) in [6.45, 7) is 6.31. The highest BCUT2D eigenvalue weighted by molar-refractivity contribution is 7.97. The van der Waals surface area contributed by atoms with E-state index in [1.54, 1.807) is 0 Å². The molecule has 2 heteroatoms. The summed E-state index contributed by atoms with van der Waals surface area (Å²) in [5.74, 6) is 0.531. The molecule has 0 heterocycles. The van der Waals surface area contributed by atoms with Gasteiger partial charge in [-0.25, -0.2) is 4.40 Å². The smallest absolute Gasteiger partial charge is 0.0508 e. The third kappa shape index (κ3) is 3.72. The molecule has 1 nitrogen and oxygen atoms in total. The molecule has 10 heavy (non-hydrogen) atoms. The first kappa shape index (κ1) is 9.76. The minimum atomic E-state index is 0.531. The van der Waals surface area contributed by atoms with Gasteiger partial charge in [-0.2, -0.15) is 0 Å². The van der Waals surface area contributed by atoms with E-state index in [1.165, 1.54) is 11.9 Å². The molecule has 0 atom stereocenters. The molecule has 0 unspecified atom stereocenters. The van der Waals surface area contributed by atoms with Gasteiger partial charge in [-0.05, 0) is 30.9 Å². The summed E-state index contributed by atoms with van der Waals surface area (Å²) in [5, 5.41) is 0. The van der Waals surface area contributed by atoms with Crippen LogP contribution < -0.4 is 0 Å². The molecule has 0 aliphatic rings. The number of hydrogen-bond donors (Lipinski definition) is 0. The molecule has 0 aromatic rings. The molecule has 0 saturated carbocycles. The van der Waals surface area contributed by atoms with Crippen LogP contribution in [0.4, 0.5) is 0 Å². The second-order valence-electron chi connectivity index (χ2n) is 2.35. The summed E-state index contributed by atoms with van der Waals surface area (Å²) in [5.41, 5.74) is 1.16. The molecule has 0 amide bonds. The fraction of sp³-hybridized carbons (Fsp3) is 0.625. The Morgan fingerprint density at radius 1 is 1.50 bits per heavy atom. The van der Waals surface area contributed by atoms with Crippen molar-refractivity contribution in [1.82, 2.24) is 0 Å². The average molecular weight is 157 g/mol. The largest absolute Gasteiger partial charge is 0.221 e. The SMILES string of the molecule is C/C=C\C(=N/SC)C(C)C. The van der Waals surface area contributed by atoms with Gasteiger partial charge >= 0.3 is 0 Å². The van der Waals surface area contributed by atoms with Gasteiger partial charge in [0.2, 0.25) is 0 Å². The number of nitrogens with zero attached hydrogens (tertiary/aromatic N) is 1. The van der Waals surface area contributed by atoms with Crippen molar-refractivity contribution < 1.29 is 0 Å². The first-order chi connectivity index (χ1) is 4.72. The van der Waals surface area contributed by atoms with Gasteiger partial charge in [0.05, 0.1) is 5.71 Å². The van der Waals surface area contributed by atoms with Crippen LogP contribution in [0.3, 0.4) is 0 Å². The Morgan fingerprint density at radius 3 is 2.40 bits per heavy atom. The highest BCUT2D eigenvalue weighted by atomic mass is 32.2. The van der Waals surface area contributed by atoms with Crippen molar-refractivity contribution in [3.05, 3.63) is 12.2 Å². The first-order valence-corrected chi connectivity index (χ1v) is 4.64. The molecule has 0 aromatic heterocycles. The molecule has 0 spiro atoms. The number of hydrogen-bond acceptors (Lipinski definition) is 2. The topological polar surface area (TPSA) is 12.4 Å². The first-order valence-electron chi connectivity index (χ1n) is 3.46. The third-order valence-corrected chi connectivity index (χ3v) is 1.52. The van der Waals surface area contributed by atoms with Crippen LogP contribution in [0.15, 0.2) is 16.5 Å². The van der Waals surface area contributed by atoms with Crippen molar-refractivity contribution in [3.63, 3.8) is 0 Å². The van der Waals surface area contributed by atoms with E-state index in [-0.39, 0.29) is 0 Å². The van der Waals surface area contributed by atoms with Gasteiger partial charge in [0.1, 0.15) is 0 Å². The van der Waals surface area contributed by atoms with Gasteiger partial charge in [0.25, 0.3) is 0 Å². The molecule has 0 aromatic carbocycles. The quantitative estimate of drug-likeness (QED) is 0.453. The molecule has 0 aliphatic heterocycles. The van der Waals surface area contributed by atoms with E-state index in [4.69, 9.17) is 0 Å². The molecule has 0 rings (SSSR count). The zero-order valence-electron chi connectivity index (χ0n) is 7.09. The van der Waals surface area contributed by atoms with Gasteiger partial charge in [0.15, 0.2) is 0 Å². The molecule has 0 bridgehead atoms. The standard InChI is InChI=1S/C8H15NS/c1-5-6-8(7(2)3)9-10-4/h5-7H,1-4H3/b6-5-,9-8+. The summed E-state index contributed by atoms with van der Waals surface area (Å²) in [7, 11) is 0. The van der Waals surface area contributed by atoms with Crippen LogP contribution in [0.1, 0.15) is 20.8 Å². The number of allylic oxidation sites excluding steroid dienone is 2. The lowest BCUT2D eigenvalue weighted by Gasteiger charge is -2.02. The van der Waals surface area contributed by atoms with Crippen molar-refractivity contribution in [2.75, 3.05) is 6.26 Å². The molecule has 0 N–H and O–H groups in total. The molecule has 0 saturated heterocycles. The minimum absolute atomic E-state index is 0.531. The highest BCUT2D eigenvalue weighted by Crippen LogP contribution is 2.04. The van der Waals surface area contributed by atoms with Crippen LogP contribution in [-0.4, -0.2) is 12.0 Å². The van der Waals surface area contributed by atoms with E-state index in [9.17, 15) is 0 Å². The number of rotatable bonds is 3. The van der Waals surface area contributed by atoms with E-state index >= 15 is 0 Å². The van der Waals surface area contributed by atoms with Gasteiger partial charge in [-0.15, -0.1) is 0 Å². The van der Waals surface area contributed by atoms with E-state index in [1.807, 2.05) is 19.3 Å². The fourth-order valence-corrected chi connectivity index (χ4v) is 1.09. The predicted molar refractivity (Wildman–Crippen MR) is 50.6 cm³/mol. The van der Waals surface area contributed by atoms with Crippen LogP contribution >= 0.6 is 11.9 Å². The van der Waals surface area contributed by atoms with Crippen molar-refractivity contribution >= 4 is 17.7 Å². The lowest BCUT2D eigenvalue weighted by molar-refractivity contribution is 0.892. The maximum Gasteiger partial charge on any atom is 0.0508 e. The Morgan fingerprint density at radius 2 is 2.10 bits per heavy atom. The average Bonchev–Trinajstić information content (AvgIpc) is 1.87. The van der Waals surface area contributed by atoms with Crippen LogP contribution in [0, 0.1) is 5.92 Å². The summed E-state index contributed by atoms with van der Waals surface area (Å²) in [6.07, 6.45) is 6.06. The normalized spacial score (nSPS) is 13.5. The zero-order valence-corrected chi connectivity index (χ0v) is 7.90. The monoisotopic (exact) mass is 157 g/mol. The van der Waals surface area contributed by atoms with Crippen molar-refractivity contribution in [2.24, 2.45) is 10.3 Å². The predicted octanol–water partition coefficient (Wildman–Crippen LogP) is 2.94. The summed E-state index contributed by atoms with van der Waals surface area (Å²) < 4.78 is 4.26.